The Kier molecular flexibility index (Phi) is 5.89. The molecule has 4 heterocycles. The lowest BCUT2D eigenvalue weighted by atomic mass is 9.98. The molecule has 4 N–H and O–H groups in total. The van der Waals surface area contributed by atoms with E-state index in [4.69, 9.17) is 9.97 Å². The Morgan fingerprint density at radius 3 is 2.77 bits per heavy atom. The summed E-state index contributed by atoms with van der Waals surface area (Å²) in [7, 11) is 0. The summed E-state index contributed by atoms with van der Waals surface area (Å²) in [5.74, 6) is 1.53. The second kappa shape index (κ2) is 8.94. The minimum Gasteiger partial charge on any atom is -0.396 e. The number of aliphatic hydroxyl groups excluding tert-OH is 1. The van der Waals surface area contributed by atoms with Crippen LogP contribution in [-0.4, -0.2) is 58.9 Å². The standard InChI is InChI=1S/C22H28N6O2S/c29-13-14-7-10-28(11-8-14)22-26-19(24-15-4-3-9-23-12-15)18(20(30)27-22)21-25-16-5-1-2-6-17(16)31-21/h1-2,5-6,14-15,23,29H,3-4,7-13H2,(H2,24,26,27,30). The van der Waals surface area contributed by atoms with Crippen molar-refractivity contribution >= 4 is 33.3 Å². The van der Waals surface area contributed by atoms with Gasteiger partial charge in [0.25, 0.3) is 5.56 Å². The summed E-state index contributed by atoms with van der Waals surface area (Å²) in [6.45, 7) is 3.65. The molecule has 2 aliphatic heterocycles. The first-order valence-corrected chi connectivity index (χ1v) is 11.9. The van der Waals surface area contributed by atoms with Gasteiger partial charge < -0.3 is 20.6 Å². The lowest BCUT2D eigenvalue weighted by Crippen LogP contribution is -2.40. The normalized spacial score (nSPS) is 20.3. The molecule has 1 aromatic carbocycles. The molecule has 1 unspecified atom stereocenters. The van der Waals surface area contributed by atoms with Crippen LogP contribution in [-0.2, 0) is 0 Å². The molecule has 0 radical (unpaired) electrons. The summed E-state index contributed by atoms with van der Waals surface area (Å²) in [5.41, 5.74) is 1.24. The fourth-order valence-corrected chi connectivity index (χ4v) is 5.40. The van der Waals surface area contributed by atoms with Gasteiger partial charge in [0.05, 0.1) is 10.2 Å². The maximum absolute atomic E-state index is 13.3. The summed E-state index contributed by atoms with van der Waals surface area (Å²) in [6.07, 6.45) is 3.93. The van der Waals surface area contributed by atoms with E-state index in [1.54, 1.807) is 0 Å². The lowest BCUT2D eigenvalue weighted by molar-refractivity contribution is 0.202. The van der Waals surface area contributed by atoms with Gasteiger partial charge in [-0.3, -0.25) is 9.78 Å². The van der Waals surface area contributed by atoms with Crippen molar-refractivity contribution in [1.29, 1.82) is 0 Å². The SMILES string of the molecule is O=c1[nH]c(N2CCC(CO)CC2)nc(NC2CCCNC2)c1-c1nc2ccccc2s1. The number of aliphatic hydroxyl groups is 1. The molecule has 2 aromatic heterocycles. The molecule has 0 aliphatic carbocycles. The number of nitrogens with zero attached hydrogens (tertiary/aromatic N) is 3. The Morgan fingerprint density at radius 1 is 1.19 bits per heavy atom. The molecule has 1 atom stereocenters. The van der Waals surface area contributed by atoms with Crippen molar-refractivity contribution in [2.75, 3.05) is 43.0 Å². The molecule has 31 heavy (non-hydrogen) atoms. The summed E-state index contributed by atoms with van der Waals surface area (Å²) in [6, 6.07) is 8.16. The molecule has 5 rings (SSSR count). The van der Waals surface area contributed by atoms with Gasteiger partial charge >= 0.3 is 0 Å². The Bertz CT molecular complexity index is 1070. The molecule has 3 aromatic rings. The van der Waals surface area contributed by atoms with Crippen LogP contribution in [0.2, 0.25) is 0 Å². The van der Waals surface area contributed by atoms with Crippen molar-refractivity contribution < 1.29 is 5.11 Å². The zero-order valence-electron chi connectivity index (χ0n) is 17.4. The van der Waals surface area contributed by atoms with Crippen LogP contribution in [0.15, 0.2) is 29.1 Å². The van der Waals surface area contributed by atoms with Crippen LogP contribution in [0.25, 0.3) is 20.8 Å². The molecule has 9 heteroatoms. The summed E-state index contributed by atoms with van der Waals surface area (Å²) >= 11 is 1.52. The number of aromatic nitrogens is 3. The number of piperidine rings is 2. The predicted molar refractivity (Wildman–Crippen MR) is 125 cm³/mol. The molecular formula is C22H28N6O2S. The molecule has 2 aliphatic rings. The van der Waals surface area contributed by atoms with Crippen molar-refractivity contribution in [3.63, 3.8) is 0 Å². The number of rotatable bonds is 5. The first-order valence-electron chi connectivity index (χ1n) is 11.0. The number of thiazole rings is 1. The van der Waals surface area contributed by atoms with E-state index >= 15 is 0 Å². The average Bonchev–Trinajstić information content (AvgIpc) is 3.23. The number of nitrogens with one attached hydrogen (secondary N) is 3. The van der Waals surface area contributed by atoms with Gasteiger partial charge in [-0.15, -0.1) is 11.3 Å². The van der Waals surface area contributed by atoms with E-state index in [-0.39, 0.29) is 18.2 Å². The highest BCUT2D eigenvalue weighted by Gasteiger charge is 2.25. The van der Waals surface area contributed by atoms with Crippen molar-refractivity contribution in [1.82, 2.24) is 20.3 Å². The highest BCUT2D eigenvalue weighted by atomic mass is 32.1. The average molecular weight is 441 g/mol. The monoisotopic (exact) mass is 440 g/mol. The Balaban J connectivity index is 1.53. The van der Waals surface area contributed by atoms with Crippen LogP contribution >= 0.6 is 11.3 Å². The Labute approximate surface area is 184 Å². The zero-order valence-corrected chi connectivity index (χ0v) is 18.2. The first-order chi connectivity index (χ1) is 15.2. The highest BCUT2D eigenvalue weighted by molar-refractivity contribution is 7.21. The van der Waals surface area contributed by atoms with Crippen molar-refractivity contribution in [3.8, 4) is 10.6 Å². The zero-order chi connectivity index (χ0) is 21.2. The molecule has 2 saturated heterocycles. The Hall–Kier alpha value is -2.49. The van der Waals surface area contributed by atoms with Crippen molar-refractivity contribution in [3.05, 3.63) is 34.6 Å². The number of aromatic amines is 1. The third-order valence-corrected chi connectivity index (χ3v) is 7.28. The molecule has 2 fully saturated rings. The van der Waals surface area contributed by atoms with Crippen molar-refractivity contribution in [2.45, 2.75) is 31.7 Å². The number of anilines is 2. The largest absolute Gasteiger partial charge is 0.396 e. The minimum atomic E-state index is -0.167. The van der Waals surface area contributed by atoms with E-state index in [2.05, 4.69) is 20.5 Å². The van der Waals surface area contributed by atoms with E-state index in [0.717, 1.165) is 62.1 Å². The molecule has 0 bridgehead atoms. The number of hydrogen-bond acceptors (Lipinski definition) is 8. The Morgan fingerprint density at radius 2 is 2.03 bits per heavy atom. The maximum Gasteiger partial charge on any atom is 0.264 e. The highest BCUT2D eigenvalue weighted by Crippen LogP contribution is 2.33. The summed E-state index contributed by atoms with van der Waals surface area (Å²) in [4.78, 5) is 28.0. The topological polar surface area (TPSA) is 106 Å². The van der Waals surface area contributed by atoms with Gasteiger partial charge in [-0.05, 0) is 50.3 Å². The van der Waals surface area contributed by atoms with Gasteiger partial charge in [0.15, 0.2) is 0 Å². The van der Waals surface area contributed by atoms with Gasteiger partial charge in [0, 0.05) is 32.3 Å². The van der Waals surface area contributed by atoms with E-state index in [9.17, 15) is 9.90 Å². The molecule has 8 nitrogen and oxygen atoms in total. The van der Waals surface area contributed by atoms with E-state index < -0.39 is 0 Å². The molecular weight excluding hydrogens is 412 g/mol. The van der Waals surface area contributed by atoms with Gasteiger partial charge in [0.2, 0.25) is 5.95 Å². The number of hydrogen-bond donors (Lipinski definition) is 4. The molecule has 0 spiro atoms. The van der Waals surface area contributed by atoms with Crippen molar-refractivity contribution in [2.24, 2.45) is 5.92 Å². The number of para-hydroxylation sites is 1. The lowest BCUT2D eigenvalue weighted by Gasteiger charge is -2.32. The van der Waals surface area contributed by atoms with Crippen LogP contribution in [0.3, 0.4) is 0 Å². The second-order valence-electron chi connectivity index (χ2n) is 8.40. The van der Waals surface area contributed by atoms with E-state index in [0.29, 0.717) is 28.3 Å². The van der Waals surface area contributed by atoms with Gasteiger partial charge in [0.1, 0.15) is 16.4 Å². The number of fused-ring (bicyclic) bond motifs is 1. The van der Waals surface area contributed by atoms with Crippen LogP contribution in [0, 0.1) is 5.92 Å². The number of H-pyrrole nitrogens is 1. The summed E-state index contributed by atoms with van der Waals surface area (Å²) in [5, 5.41) is 17.1. The fourth-order valence-electron chi connectivity index (χ4n) is 4.39. The van der Waals surface area contributed by atoms with Gasteiger partial charge in [-0.1, -0.05) is 12.1 Å². The fraction of sp³-hybridized carbons (Fsp3) is 0.500. The smallest absolute Gasteiger partial charge is 0.264 e. The second-order valence-corrected chi connectivity index (χ2v) is 9.43. The summed E-state index contributed by atoms with van der Waals surface area (Å²) < 4.78 is 1.05. The third-order valence-electron chi connectivity index (χ3n) is 6.22. The van der Waals surface area contributed by atoms with E-state index in [1.165, 1.54) is 11.3 Å². The maximum atomic E-state index is 13.3. The molecule has 0 saturated carbocycles. The molecule has 164 valence electrons. The third kappa shape index (κ3) is 4.30. The predicted octanol–water partition coefficient (Wildman–Crippen LogP) is 2.42. The number of benzene rings is 1. The van der Waals surface area contributed by atoms with Crippen LogP contribution in [0.1, 0.15) is 25.7 Å². The first kappa shape index (κ1) is 20.4. The van der Waals surface area contributed by atoms with Crippen LogP contribution in [0.5, 0.6) is 0 Å². The van der Waals surface area contributed by atoms with Crippen LogP contribution < -0.4 is 21.1 Å². The van der Waals surface area contributed by atoms with Gasteiger partial charge in [-0.2, -0.15) is 4.98 Å². The van der Waals surface area contributed by atoms with Crippen LogP contribution in [0.4, 0.5) is 11.8 Å². The minimum absolute atomic E-state index is 0.167. The molecule has 0 amide bonds. The van der Waals surface area contributed by atoms with E-state index in [1.807, 2.05) is 24.3 Å². The van der Waals surface area contributed by atoms with Gasteiger partial charge in [-0.25, -0.2) is 4.98 Å². The quantitative estimate of drug-likeness (QED) is 0.483.